The van der Waals surface area contributed by atoms with Crippen LogP contribution in [0.1, 0.15) is 39.5 Å². The van der Waals surface area contributed by atoms with Gasteiger partial charge in [0, 0.05) is 43.3 Å². The van der Waals surface area contributed by atoms with E-state index in [0.29, 0.717) is 11.5 Å². The highest BCUT2D eigenvalue weighted by atomic mass is 32.2. The SMILES string of the molecule is CSc1cccc(NC(=O)N(C)C2CCN(CC3=CCC4CC3C4(C)C)CC2)c1. The summed E-state index contributed by atoms with van der Waals surface area (Å²) in [6, 6.07) is 8.36. The number of hydrogen-bond acceptors (Lipinski definition) is 3. The fourth-order valence-corrected chi connectivity index (χ4v) is 5.92. The molecule has 1 saturated heterocycles. The van der Waals surface area contributed by atoms with Gasteiger partial charge in [0.1, 0.15) is 0 Å². The van der Waals surface area contributed by atoms with Gasteiger partial charge in [-0.15, -0.1) is 11.8 Å². The van der Waals surface area contributed by atoms with Crippen LogP contribution >= 0.6 is 11.8 Å². The minimum Gasteiger partial charge on any atom is -0.325 e. The number of nitrogens with one attached hydrogen (secondary N) is 1. The summed E-state index contributed by atoms with van der Waals surface area (Å²) in [5.41, 5.74) is 3.06. The van der Waals surface area contributed by atoms with Crippen LogP contribution < -0.4 is 5.32 Å². The number of allylic oxidation sites excluding steroid dienone is 1. The second kappa shape index (κ2) is 8.35. The Labute approximate surface area is 180 Å². The fraction of sp³-hybridized carbons (Fsp3) is 0.625. The first-order chi connectivity index (χ1) is 13.9. The molecule has 4 aliphatic rings. The molecular weight excluding hydrogens is 378 g/mol. The van der Waals surface area contributed by atoms with E-state index in [1.807, 2.05) is 30.1 Å². The molecule has 1 aliphatic heterocycles. The smallest absolute Gasteiger partial charge is 0.321 e. The number of likely N-dealkylation sites (tertiary alicyclic amines) is 1. The maximum absolute atomic E-state index is 12.7. The second-order valence-electron chi connectivity index (χ2n) is 9.60. The van der Waals surface area contributed by atoms with E-state index in [9.17, 15) is 4.79 Å². The molecule has 4 nitrogen and oxygen atoms in total. The van der Waals surface area contributed by atoms with Crippen molar-refractivity contribution in [3.8, 4) is 0 Å². The van der Waals surface area contributed by atoms with Crippen LogP contribution in [0.15, 0.2) is 40.8 Å². The molecule has 1 aromatic rings. The lowest BCUT2D eigenvalue weighted by atomic mass is 9.49. The van der Waals surface area contributed by atoms with E-state index in [0.717, 1.165) is 54.9 Å². The highest BCUT2D eigenvalue weighted by molar-refractivity contribution is 7.98. The van der Waals surface area contributed by atoms with Crippen molar-refractivity contribution >= 4 is 23.5 Å². The van der Waals surface area contributed by atoms with Crippen molar-refractivity contribution in [2.45, 2.75) is 50.5 Å². The van der Waals surface area contributed by atoms with Gasteiger partial charge >= 0.3 is 6.03 Å². The molecule has 2 amide bonds. The highest BCUT2D eigenvalue weighted by Gasteiger charge is 2.51. The van der Waals surface area contributed by atoms with Crippen LogP contribution in [0.25, 0.3) is 0 Å². The van der Waals surface area contributed by atoms with Gasteiger partial charge in [0.25, 0.3) is 0 Å². The van der Waals surface area contributed by atoms with Crippen LogP contribution in [0.2, 0.25) is 0 Å². The highest BCUT2D eigenvalue weighted by Crippen LogP contribution is 2.59. The molecule has 1 heterocycles. The summed E-state index contributed by atoms with van der Waals surface area (Å²) < 4.78 is 0. The van der Waals surface area contributed by atoms with Crippen LogP contribution in [0.5, 0.6) is 0 Å². The molecule has 5 heteroatoms. The quantitative estimate of drug-likeness (QED) is 0.523. The van der Waals surface area contributed by atoms with Crippen LogP contribution in [0.3, 0.4) is 0 Å². The second-order valence-corrected chi connectivity index (χ2v) is 10.5. The predicted octanol–water partition coefficient (Wildman–Crippen LogP) is 5.33. The van der Waals surface area contributed by atoms with E-state index in [4.69, 9.17) is 0 Å². The number of benzene rings is 1. The topological polar surface area (TPSA) is 35.6 Å². The van der Waals surface area contributed by atoms with Gasteiger partial charge in [0.15, 0.2) is 0 Å². The molecular formula is C24H35N3OS. The molecule has 3 aliphatic carbocycles. The first-order valence-electron chi connectivity index (χ1n) is 11.0. The van der Waals surface area contributed by atoms with Gasteiger partial charge in [-0.2, -0.15) is 0 Å². The summed E-state index contributed by atoms with van der Waals surface area (Å²) in [5, 5.41) is 3.06. The Balaban J connectivity index is 1.27. The van der Waals surface area contributed by atoms with Crippen molar-refractivity contribution in [2.24, 2.45) is 17.3 Å². The molecule has 1 N–H and O–H groups in total. The van der Waals surface area contributed by atoms with E-state index in [1.54, 1.807) is 17.3 Å². The average Bonchev–Trinajstić information content (AvgIpc) is 2.73. The van der Waals surface area contributed by atoms with Gasteiger partial charge < -0.3 is 10.2 Å². The van der Waals surface area contributed by atoms with Crippen LogP contribution in [-0.4, -0.2) is 54.8 Å². The Bertz CT molecular complexity index is 782. The summed E-state index contributed by atoms with van der Waals surface area (Å²) in [6.07, 6.45) is 9.36. The fourth-order valence-electron chi connectivity index (χ4n) is 5.46. The standard InChI is InChI=1S/C24H35N3OS/c1-24(2)18-9-8-17(22(24)14-18)16-27-12-10-20(11-13-27)26(3)23(28)25-19-6-5-7-21(15-19)29-4/h5-8,15,18,20,22H,9-14,16H2,1-4H3,(H,25,28). The average molecular weight is 414 g/mol. The minimum absolute atomic E-state index is 0.000971. The zero-order chi connectivity index (χ0) is 20.6. The van der Waals surface area contributed by atoms with Crippen molar-refractivity contribution < 1.29 is 4.79 Å². The maximum Gasteiger partial charge on any atom is 0.321 e. The normalized spacial score (nSPS) is 26.4. The Kier molecular flexibility index (Phi) is 5.99. The lowest BCUT2D eigenvalue weighted by molar-refractivity contribution is -0.0116. The summed E-state index contributed by atoms with van der Waals surface area (Å²) in [6.45, 7) is 8.20. The number of piperidine rings is 1. The van der Waals surface area contributed by atoms with Gasteiger partial charge in [-0.3, -0.25) is 4.90 Å². The van der Waals surface area contributed by atoms with Gasteiger partial charge in [0.2, 0.25) is 0 Å². The minimum atomic E-state index is -0.000971. The maximum atomic E-state index is 12.7. The number of carbonyl (C=O) groups excluding carboxylic acids is 1. The molecule has 5 rings (SSSR count). The Morgan fingerprint density at radius 3 is 2.72 bits per heavy atom. The lowest BCUT2D eigenvalue weighted by Gasteiger charge is -2.57. The molecule has 2 unspecified atom stereocenters. The Morgan fingerprint density at radius 2 is 2.07 bits per heavy atom. The molecule has 2 fully saturated rings. The number of fused-ring (bicyclic) bond motifs is 1. The third-order valence-corrected chi connectivity index (χ3v) is 8.46. The van der Waals surface area contributed by atoms with E-state index in [2.05, 4.69) is 42.5 Å². The van der Waals surface area contributed by atoms with E-state index >= 15 is 0 Å². The van der Waals surface area contributed by atoms with Gasteiger partial charge in [-0.1, -0.05) is 31.6 Å². The third kappa shape index (κ3) is 4.22. The largest absolute Gasteiger partial charge is 0.325 e. The van der Waals surface area contributed by atoms with E-state index < -0.39 is 0 Å². The van der Waals surface area contributed by atoms with E-state index in [1.165, 1.54) is 12.8 Å². The molecule has 2 atom stereocenters. The summed E-state index contributed by atoms with van der Waals surface area (Å²) in [7, 11) is 1.94. The number of carbonyl (C=O) groups is 1. The number of hydrogen-bond donors (Lipinski definition) is 1. The van der Waals surface area contributed by atoms with Crippen molar-refractivity contribution in [3.63, 3.8) is 0 Å². The summed E-state index contributed by atoms with van der Waals surface area (Å²) in [4.78, 5) is 18.4. The molecule has 1 aromatic carbocycles. The molecule has 29 heavy (non-hydrogen) atoms. The number of rotatable bonds is 5. The van der Waals surface area contributed by atoms with Gasteiger partial charge in [-0.25, -0.2) is 4.79 Å². The zero-order valence-electron chi connectivity index (χ0n) is 18.3. The molecule has 1 saturated carbocycles. The third-order valence-electron chi connectivity index (χ3n) is 7.74. The van der Waals surface area contributed by atoms with Crippen molar-refractivity contribution in [1.29, 1.82) is 0 Å². The molecule has 2 bridgehead atoms. The summed E-state index contributed by atoms with van der Waals surface area (Å²) in [5.74, 6) is 1.70. The Morgan fingerprint density at radius 1 is 1.31 bits per heavy atom. The Hall–Kier alpha value is -1.46. The monoisotopic (exact) mass is 413 g/mol. The van der Waals surface area contributed by atoms with Crippen LogP contribution in [-0.2, 0) is 0 Å². The van der Waals surface area contributed by atoms with Gasteiger partial charge in [-0.05, 0) is 67.4 Å². The number of anilines is 1. The first-order valence-corrected chi connectivity index (χ1v) is 12.2. The molecule has 0 spiro atoms. The number of nitrogens with zero attached hydrogens (tertiary/aromatic N) is 2. The molecule has 0 aromatic heterocycles. The van der Waals surface area contributed by atoms with Crippen molar-refractivity contribution in [2.75, 3.05) is 38.3 Å². The first kappa shape index (κ1) is 20.8. The number of amides is 2. The molecule has 0 radical (unpaired) electrons. The van der Waals surface area contributed by atoms with Gasteiger partial charge in [0.05, 0.1) is 0 Å². The molecule has 158 valence electrons. The van der Waals surface area contributed by atoms with Crippen molar-refractivity contribution in [1.82, 2.24) is 9.80 Å². The lowest BCUT2D eigenvalue weighted by Crippen LogP contribution is -2.51. The van der Waals surface area contributed by atoms with Crippen LogP contribution in [0.4, 0.5) is 10.5 Å². The number of thioether (sulfide) groups is 1. The van der Waals surface area contributed by atoms with Crippen molar-refractivity contribution in [3.05, 3.63) is 35.9 Å². The zero-order valence-corrected chi connectivity index (χ0v) is 19.1. The van der Waals surface area contributed by atoms with E-state index in [-0.39, 0.29) is 6.03 Å². The predicted molar refractivity (Wildman–Crippen MR) is 123 cm³/mol. The summed E-state index contributed by atoms with van der Waals surface area (Å²) >= 11 is 1.69. The number of urea groups is 1. The van der Waals surface area contributed by atoms with Crippen LogP contribution in [0, 0.1) is 17.3 Å².